The molecule has 1 aromatic carbocycles. The largest absolute Gasteiger partial charge is 0.467 e. The van der Waals surface area contributed by atoms with Gasteiger partial charge in [-0.15, -0.1) is 11.8 Å². The van der Waals surface area contributed by atoms with E-state index in [-0.39, 0.29) is 17.9 Å². The van der Waals surface area contributed by atoms with Crippen molar-refractivity contribution in [1.82, 2.24) is 10.6 Å². The number of nitrogens with one attached hydrogen (secondary N) is 2. The number of halogens is 1. The van der Waals surface area contributed by atoms with Crippen molar-refractivity contribution in [3.05, 3.63) is 64.2 Å². The molecule has 0 aliphatic carbocycles. The van der Waals surface area contributed by atoms with Crippen molar-refractivity contribution in [2.24, 2.45) is 0 Å². The third-order valence-corrected chi connectivity index (χ3v) is 5.43. The van der Waals surface area contributed by atoms with Crippen LogP contribution in [0.4, 0.5) is 4.79 Å². The molecule has 2 N–H and O–H groups in total. The highest BCUT2D eigenvalue weighted by molar-refractivity contribution is 7.99. The van der Waals surface area contributed by atoms with Gasteiger partial charge in [-0.1, -0.05) is 11.6 Å². The maximum atomic E-state index is 12.6. The van der Waals surface area contributed by atoms with Crippen LogP contribution in [-0.4, -0.2) is 24.4 Å². The van der Waals surface area contributed by atoms with E-state index in [0.717, 1.165) is 4.90 Å². The number of hydrogen-bond acceptors (Lipinski definition) is 6. The maximum Gasteiger partial charge on any atom is 0.338 e. The molecule has 144 valence electrons. The molecule has 0 radical (unpaired) electrons. The molecule has 3 rings (SSSR count). The van der Waals surface area contributed by atoms with E-state index in [1.165, 1.54) is 18.0 Å². The van der Waals surface area contributed by atoms with Gasteiger partial charge in [-0.2, -0.15) is 5.26 Å². The van der Waals surface area contributed by atoms with E-state index in [2.05, 4.69) is 10.6 Å². The number of hydrogen-bond donors (Lipinski definition) is 2. The van der Waals surface area contributed by atoms with Crippen molar-refractivity contribution in [3.63, 3.8) is 0 Å². The van der Waals surface area contributed by atoms with Gasteiger partial charge >= 0.3 is 12.0 Å². The van der Waals surface area contributed by atoms with Crippen molar-refractivity contribution in [1.29, 1.82) is 5.26 Å². The fourth-order valence-corrected chi connectivity index (χ4v) is 3.92. The number of esters is 1. The van der Waals surface area contributed by atoms with Crippen molar-refractivity contribution >= 4 is 35.4 Å². The van der Waals surface area contributed by atoms with Crippen molar-refractivity contribution in [3.8, 4) is 6.07 Å². The van der Waals surface area contributed by atoms with E-state index >= 15 is 0 Å². The summed E-state index contributed by atoms with van der Waals surface area (Å²) in [6.45, 7) is 1.91. The third kappa shape index (κ3) is 4.32. The van der Waals surface area contributed by atoms with E-state index in [1.807, 2.05) is 6.07 Å². The summed E-state index contributed by atoms with van der Waals surface area (Å²) in [7, 11) is 0. The second kappa shape index (κ2) is 8.87. The van der Waals surface area contributed by atoms with E-state index in [1.54, 1.807) is 37.3 Å². The van der Waals surface area contributed by atoms with Crippen LogP contribution in [0.25, 0.3) is 0 Å². The van der Waals surface area contributed by atoms with Gasteiger partial charge in [-0.25, -0.2) is 9.59 Å². The molecule has 0 spiro atoms. The Kier molecular flexibility index (Phi) is 6.29. The molecule has 28 heavy (non-hydrogen) atoms. The molecule has 2 aromatic rings. The number of thioether (sulfide) groups is 1. The molecule has 1 aromatic heterocycles. The molecule has 0 bridgehead atoms. The van der Waals surface area contributed by atoms with Gasteiger partial charge in [-0.3, -0.25) is 0 Å². The number of ether oxygens (including phenoxy) is 1. The van der Waals surface area contributed by atoms with Gasteiger partial charge in [-0.05, 0) is 37.3 Å². The van der Waals surface area contributed by atoms with Crippen LogP contribution in [0.3, 0.4) is 0 Å². The highest BCUT2D eigenvalue weighted by Gasteiger charge is 2.35. The molecule has 0 saturated carbocycles. The van der Waals surface area contributed by atoms with Gasteiger partial charge in [0, 0.05) is 16.3 Å². The number of carbonyl (C=O) groups excluding carboxylic acids is 2. The molecule has 0 saturated heterocycles. The average molecular weight is 418 g/mol. The summed E-state index contributed by atoms with van der Waals surface area (Å²) in [6.07, 6.45) is 1.47. The lowest BCUT2D eigenvalue weighted by atomic mass is 10.0. The summed E-state index contributed by atoms with van der Waals surface area (Å²) in [4.78, 5) is 25.5. The molecule has 1 aliphatic rings. The quantitative estimate of drug-likeness (QED) is 0.547. The Balaban J connectivity index is 1.93. The minimum absolute atomic E-state index is 0.197. The predicted molar refractivity (Wildman–Crippen MR) is 104 cm³/mol. The zero-order valence-corrected chi connectivity index (χ0v) is 16.4. The van der Waals surface area contributed by atoms with Gasteiger partial charge in [0.05, 0.1) is 35.1 Å². The van der Waals surface area contributed by atoms with Crippen LogP contribution < -0.4 is 10.6 Å². The zero-order valence-electron chi connectivity index (χ0n) is 14.8. The molecule has 7 nitrogen and oxygen atoms in total. The first-order chi connectivity index (χ1) is 13.5. The number of nitrogens with zero attached hydrogens (tertiary/aromatic N) is 1. The fourth-order valence-electron chi connectivity index (χ4n) is 2.69. The number of furan rings is 1. The lowest BCUT2D eigenvalue weighted by molar-refractivity contribution is -0.139. The minimum atomic E-state index is -0.755. The Morgan fingerprint density at radius 1 is 1.43 bits per heavy atom. The van der Waals surface area contributed by atoms with Crippen LogP contribution in [0, 0.1) is 11.3 Å². The summed E-state index contributed by atoms with van der Waals surface area (Å²) < 4.78 is 10.6. The Bertz CT molecular complexity index is 966. The predicted octanol–water partition coefficient (Wildman–Crippen LogP) is 3.77. The molecule has 9 heteroatoms. The Morgan fingerprint density at radius 3 is 2.89 bits per heavy atom. The SMILES string of the molecule is CCOC(=O)C1=C(CSc2ccc(C#N)cc2Cl)NC(=O)N[C@H]1c1ccco1. The van der Waals surface area contributed by atoms with Gasteiger partial charge in [0.15, 0.2) is 0 Å². The maximum absolute atomic E-state index is 12.6. The fraction of sp³-hybridized carbons (Fsp3) is 0.211. The first-order valence-corrected chi connectivity index (χ1v) is 9.73. The highest BCUT2D eigenvalue weighted by atomic mass is 35.5. The number of rotatable bonds is 6. The number of benzene rings is 1. The average Bonchev–Trinajstić information content (AvgIpc) is 3.21. The number of urea groups is 1. The molecule has 2 amide bonds. The summed E-state index contributed by atoms with van der Waals surface area (Å²) in [5.74, 6) is 0.152. The number of carbonyl (C=O) groups is 2. The van der Waals surface area contributed by atoms with Crippen molar-refractivity contribution < 1.29 is 18.7 Å². The van der Waals surface area contributed by atoms with E-state index in [9.17, 15) is 9.59 Å². The molecule has 1 atom stereocenters. The van der Waals surface area contributed by atoms with Gasteiger partial charge < -0.3 is 19.8 Å². The van der Waals surface area contributed by atoms with Gasteiger partial charge in [0.2, 0.25) is 0 Å². The van der Waals surface area contributed by atoms with Gasteiger partial charge in [0.1, 0.15) is 11.8 Å². The Morgan fingerprint density at radius 2 is 2.25 bits per heavy atom. The number of amides is 2. The second-order valence-electron chi connectivity index (χ2n) is 5.71. The van der Waals surface area contributed by atoms with Gasteiger partial charge in [0.25, 0.3) is 0 Å². The topological polar surface area (TPSA) is 104 Å². The zero-order chi connectivity index (χ0) is 20.1. The van der Waals surface area contributed by atoms with Crippen LogP contribution >= 0.6 is 23.4 Å². The summed E-state index contributed by atoms with van der Waals surface area (Å²) in [5, 5.41) is 14.7. The molecular weight excluding hydrogens is 402 g/mol. The highest BCUT2D eigenvalue weighted by Crippen LogP contribution is 2.33. The van der Waals surface area contributed by atoms with Crippen LogP contribution in [0.1, 0.15) is 24.3 Å². The van der Waals surface area contributed by atoms with E-state index in [4.69, 9.17) is 26.0 Å². The molecule has 0 fully saturated rings. The molecule has 0 unspecified atom stereocenters. The van der Waals surface area contributed by atoms with E-state index < -0.39 is 18.0 Å². The lowest BCUT2D eigenvalue weighted by Gasteiger charge is -2.27. The third-order valence-electron chi connectivity index (χ3n) is 3.91. The summed E-state index contributed by atoms with van der Waals surface area (Å²) >= 11 is 7.55. The molecule has 2 heterocycles. The van der Waals surface area contributed by atoms with Crippen molar-refractivity contribution in [2.45, 2.75) is 17.9 Å². The van der Waals surface area contributed by atoms with E-state index in [0.29, 0.717) is 22.0 Å². The Hall–Kier alpha value is -2.89. The lowest BCUT2D eigenvalue weighted by Crippen LogP contribution is -2.46. The first kappa shape index (κ1) is 19.9. The molecule has 1 aliphatic heterocycles. The first-order valence-electron chi connectivity index (χ1n) is 8.37. The summed E-state index contributed by atoms with van der Waals surface area (Å²) in [5.41, 5.74) is 1.14. The smallest absolute Gasteiger partial charge is 0.338 e. The Labute approximate surface area is 170 Å². The normalized spacial score (nSPS) is 16.2. The molecular formula is C19H16ClN3O4S. The van der Waals surface area contributed by atoms with Crippen LogP contribution in [-0.2, 0) is 9.53 Å². The van der Waals surface area contributed by atoms with Crippen LogP contribution in [0.2, 0.25) is 5.02 Å². The van der Waals surface area contributed by atoms with Crippen molar-refractivity contribution in [2.75, 3.05) is 12.4 Å². The van der Waals surface area contributed by atoms with Crippen LogP contribution in [0.15, 0.2) is 57.2 Å². The monoisotopic (exact) mass is 417 g/mol. The standard InChI is InChI=1S/C19H16ClN3O4S/c1-2-26-18(24)16-13(10-28-15-6-5-11(9-21)8-12(15)20)22-19(25)23-17(16)14-4-3-7-27-14/h3-8,17H,2,10H2,1H3,(H2,22,23,25)/t17-/m0/s1. The number of nitriles is 1. The second-order valence-corrected chi connectivity index (χ2v) is 7.13. The van der Waals surface area contributed by atoms with Crippen LogP contribution in [0.5, 0.6) is 0 Å². The minimum Gasteiger partial charge on any atom is -0.467 e. The summed E-state index contributed by atoms with van der Waals surface area (Å²) in [6, 6.07) is 9.12.